The number of anilines is 2. The average molecular weight is 416 g/mol. The zero-order valence-corrected chi connectivity index (χ0v) is 17.6. The van der Waals surface area contributed by atoms with Crippen molar-refractivity contribution in [2.75, 3.05) is 17.3 Å². The van der Waals surface area contributed by atoms with Crippen LogP contribution >= 0.6 is 0 Å². The lowest BCUT2D eigenvalue weighted by molar-refractivity contribution is 0.0926. The summed E-state index contributed by atoms with van der Waals surface area (Å²) in [4.78, 5) is 39.9. The summed E-state index contributed by atoms with van der Waals surface area (Å²) >= 11 is 0. The summed E-state index contributed by atoms with van der Waals surface area (Å²) in [5, 5.41) is 8.90. The molecule has 31 heavy (non-hydrogen) atoms. The van der Waals surface area contributed by atoms with Crippen molar-refractivity contribution in [3.05, 3.63) is 58.7 Å². The maximum Gasteiger partial charge on any atom is 0.342 e. The molecule has 0 radical (unpaired) electrons. The van der Waals surface area contributed by atoms with Crippen LogP contribution in [0.1, 0.15) is 63.9 Å². The minimum atomic E-state index is -0.324. The van der Waals surface area contributed by atoms with Gasteiger partial charge < -0.3 is 5.32 Å². The SMILES string of the molecule is Cc1cc2c(cc1N1C(=O)c3ccccc3C1=O)C(C1CCCCC1)=NN(C)C(=O)N2. The lowest BCUT2D eigenvalue weighted by Gasteiger charge is -2.25. The Hall–Kier alpha value is -3.48. The van der Waals surface area contributed by atoms with Crippen molar-refractivity contribution in [2.24, 2.45) is 11.0 Å². The second-order valence-electron chi connectivity index (χ2n) is 8.45. The fourth-order valence-electron chi connectivity index (χ4n) is 4.80. The number of urea groups is 1. The summed E-state index contributed by atoms with van der Waals surface area (Å²) < 4.78 is 0. The number of carbonyl (C=O) groups is 3. The Morgan fingerprint density at radius 3 is 2.23 bits per heavy atom. The highest BCUT2D eigenvalue weighted by molar-refractivity contribution is 6.35. The van der Waals surface area contributed by atoms with Gasteiger partial charge >= 0.3 is 6.03 Å². The first kappa shape index (κ1) is 19.5. The number of aryl methyl sites for hydroxylation is 1. The van der Waals surface area contributed by atoms with E-state index < -0.39 is 0 Å². The highest BCUT2D eigenvalue weighted by atomic mass is 16.2. The minimum absolute atomic E-state index is 0.236. The molecule has 1 N–H and O–H groups in total. The van der Waals surface area contributed by atoms with E-state index in [1.54, 1.807) is 31.3 Å². The Labute approximate surface area is 180 Å². The number of hydrazone groups is 1. The van der Waals surface area contributed by atoms with E-state index in [0.29, 0.717) is 22.5 Å². The van der Waals surface area contributed by atoms with Gasteiger partial charge in [-0.2, -0.15) is 5.10 Å². The summed E-state index contributed by atoms with van der Waals surface area (Å²) in [5.74, 6) is -0.412. The fraction of sp³-hybridized carbons (Fsp3) is 0.333. The fourth-order valence-corrected chi connectivity index (χ4v) is 4.80. The second kappa shape index (κ2) is 7.34. The molecule has 0 aromatic heterocycles. The highest BCUT2D eigenvalue weighted by Gasteiger charge is 2.38. The number of hydrogen-bond acceptors (Lipinski definition) is 4. The molecule has 158 valence electrons. The molecule has 1 aliphatic carbocycles. The van der Waals surface area contributed by atoms with E-state index in [0.717, 1.165) is 42.5 Å². The maximum absolute atomic E-state index is 13.1. The first-order valence-corrected chi connectivity index (χ1v) is 10.7. The van der Waals surface area contributed by atoms with E-state index in [-0.39, 0.29) is 23.8 Å². The summed E-state index contributed by atoms with van der Waals surface area (Å²) in [6.45, 7) is 1.84. The topological polar surface area (TPSA) is 82.1 Å². The molecule has 5 rings (SSSR count). The van der Waals surface area contributed by atoms with Gasteiger partial charge in [-0.05, 0) is 49.6 Å². The number of nitrogens with one attached hydrogen (secondary N) is 1. The average Bonchev–Trinajstić information content (AvgIpc) is 2.96. The lowest BCUT2D eigenvalue weighted by Crippen LogP contribution is -2.30. The Morgan fingerprint density at radius 1 is 0.935 bits per heavy atom. The molecule has 2 heterocycles. The van der Waals surface area contributed by atoms with Gasteiger partial charge in [0.15, 0.2) is 0 Å². The van der Waals surface area contributed by atoms with Crippen molar-refractivity contribution in [3.8, 4) is 0 Å². The summed E-state index contributed by atoms with van der Waals surface area (Å²) in [7, 11) is 1.64. The molecule has 0 atom stereocenters. The second-order valence-corrected chi connectivity index (χ2v) is 8.45. The predicted octanol–water partition coefficient (Wildman–Crippen LogP) is 4.56. The maximum atomic E-state index is 13.1. The zero-order valence-electron chi connectivity index (χ0n) is 17.6. The number of imide groups is 1. The molecule has 7 heteroatoms. The number of hydrogen-bond donors (Lipinski definition) is 1. The van der Waals surface area contributed by atoms with Gasteiger partial charge in [-0.25, -0.2) is 14.7 Å². The zero-order chi connectivity index (χ0) is 21.7. The molecule has 2 aromatic carbocycles. The van der Waals surface area contributed by atoms with E-state index in [1.807, 2.05) is 19.1 Å². The molecule has 1 saturated carbocycles. The molecular formula is C24H24N4O3. The van der Waals surface area contributed by atoms with Gasteiger partial charge in [0.1, 0.15) is 0 Å². The van der Waals surface area contributed by atoms with Crippen LogP contribution in [0.2, 0.25) is 0 Å². The summed E-state index contributed by atoms with van der Waals surface area (Å²) in [6.07, 6.45) is 5.48. The molecule has 2 aliphatic heterocycles. The molecule has 3 aliphatic rings. The van der Waals surface area contributed by atoms with Crippen molar-refractivity contribution in [3.63, 3.8) is 0 Å². The van der Waals surface area contributed by atoms with Crippen LogP contribution in [-0.2, 0) is 0 Å². The highest BCUT2D eigenvalue weighted by Crippen LogP contribution is 2.37. The molecule has 0 spiro atoms. The summed E-state index contributed by atoms with van der Waals surface area (Å²) in [6, 6.07) is 10.3. The standard InChI is InChI=1S/C24H24N4O3/c1-14-12-19-18(21(15-8-4-3-5-9-15)26-27(2)24(31)25-19)13-20(14)28-22(29)16-10-6-7-11-17(16)23(28)30/h6-7,10-13,15H,3-5,8-9H2,1-2H3,(H,25,31). The number of carbonyl (C=O) groups excluding carboxylic acids is 3. The number of benzene rings is 2. The third-order valence-electron chi connectivity index (χ3n) is 6.43. The molecule has 1 fully saturated rings. The molecular weight excluding hydrogens is 392 g/mol. The number of rotatable bonds is 2. The largest absolute Gasteiger partial charge is 0.342 e. The van der Waals surface area contributed by atoms with Crippen LogP contribution in [0.25, 0.3) is 0 Å². The van der Waals surface area contributed by atoms with Crippen molar-refractivity contribution in [1.82, 2.24) is 5.01 Å². The van der Waals surface area contributed by atoms with Crippen LogP contribution in [0.3, 0.4) is 0 Å². The normalized spacial score (nSPS) is 19.0. The molecule has 0 saturated heterocycles. The van der Waals surface area contributed by atoms with Gasteiger partial charge in [0.25, 0.3) is 11.8 Å². The van der Waals surface area contributed by atoms with E-state index in [4.69, 9.17) is 0 Å². The van der Waals surface area contributed by atoms with Crippen LogP contribution in [0.15, 0.2) is 41.5 Å². The smallest absolute Gasteiger partial charge is 0.306 e. The van der Waals surface area contributed by atoms with Crippen LogP contribution in [0, 0.1) is 12.8 Å². The number of fused-ring (bicyclic) bond motifs is 2. The van der Waals surface area contributed by atoms with Crippen LogP contribution in [-0.4, -0.2) is 35.6 Å². The van der Waals surface area contributed by atoms with Crippen molar-refractivity contribution >= 4 is 34.9 Å². The lowest BCUT2D eigenvalue weighted by atomic mass is 9.82. The van der Waals surface area contributed by atoms with Crippen molar-refractivity contribution in [1.29, 1.82) is 0 Å². The first-order valence-electron chi connectivity index (χ1n) is 10.7. The molecule has 4 amide bonds. The number of nitrogens with zero attached hydrogens (tertiary/aromatic N) is 3. The van der Waals surface area contributed by atoms with Crippen LogP contribution in [0.5, 0.6) is 0 Å². The Balaban J connectivity index is 1.64. The Bertz CT molecular complexity index is 1110. The quantitative estimate of drug-likeness (QED) is 0.729. The third kappa shape index (κ3) is 3.12. The van der Waals surface area contributed by atoms with E-state index in [1.165, 1.54) is 16.3 Å². The van der Waals surface area contributed by atoms with Gasteiger partial charge in [0, 0.05) is 18.5 Å². The summed E-state index contributed by atoms with van der Waals surface area (Å²) in [5.41, 5.74) is 4.38. The van der Waals surface area contributed by atoms with Gasteiger partial charge in [0.2, 0.25) is 0 Å². The monoisotopic (exact) mass is 416 g/mol. The van der Waals surface area contributed by atoms with Crippen molar-refractivity contribution < 1.29 is 14.4 Å². The predicted molar refractivity (Wildman–Crippen MR) is 119 cm³/mol. The molecule has 0 unspecified atom stereocenters. The molecule has 2 aromatic rings. The molecule has 0 bridgehead atoms. The van der Waals surface area contributed by atoms with Crippen LogP contribution in [0.4, 0.5) is 16.2 Å². The first-order chi connectivity index (χ1) is 15.0. The van der Waals surface area contributed by atoms with E-state index in [9.17, 15) is 14.4 Å². The Morgan fingerprint density at radius 2 is 1.58 bits per heavy atom. The van der Waals surface area contributed by atoms with Gasteiger partial charge in [-0.3, -0.25) is 9.59 Å². The van der Waals surface area contributed by atoms with Crippen molar-refractivity contribution in [2.45, 2.75) is 39.0 Å². The van der Waals surface area contributed by atoms with E-state index >= 15 is 0 Å². The van der Waals surface area contributed by atoms with Gasteiger partial charge in [-0.1, -0.05) is 31.4 Å². The van der Waals surface area contributed by atoms with Gasteiger partial charge in [0.05, 0.1) is 28.2 Å². The molecule has 7 nitrogen and oxygen atoms in total. The Kier molecular flexibility index (Phi) is 4.61. The minimum Gasteiger partial charge on any atom is -0.306 e. The number of amides is 4. The van der Waals surface area contributed by atoms with Gasteiger partial charge in [-0.15, -0.1) is 0 Å². The van der Waals surface area contributed by atoms with Crippen LogP contribution < -0.4 is 10.2 Å². The van der Waals surface area contributed by atoms with E-state index in [2.05, 4.69) is 10.4 Å². The third-order valence-corrected chi connectivity index (χ3v) is 6.43.